The first-order valence-corrected chi connectivity index (χ1v) is 5.22. The SMILES string of the molecule is CC(C)(C)Nc1cc(NCCC#N)ncn1. The molecule has 0 bridgehead atoms. The fourth-order valence-electron chi connectivity index (χ4n) is 1.15. The Labute approximate surface area is 95.9 Å². The van der Waals surface area contributed by atoms with E-state index < -0.39 is 0 Å². The van der Waals surface area contributed by atoms with Gasteiger partial charge in [0.15, 0.2) is 0 Å². The fourth-order valence-corrected chi connectivity index (χ4v) is 1.15. The molecule has 86 valence electrons. The second-order valence-corrected chi connectivity index (χ2v) is 4.50. The summed E-state index contributed by atoms with van der Waals surface area (Å²) in [6, 6.07) is 3.91. The second kappa shape index (κ2) is 5.31. The van der Waals surface area contributed by atoms with Crippen LogP contribution in [0.4, 0.5) is 11.6 Å². The van der Waals surface area contributed by atoms with Gasteiger partial charge in [-0.2, -0.15) is 5.26 Å². The third-order valence-electron chi connectivity index (χ3n) is 1.71. The molecule has 2 N–H and O–H groups in total. The van der Waals surface area contributed by atoms with Crippen LogP contribution in [0.5, 0.6) is 0 Å². The number of hydrogen-bond acceptors (Lipinski definition) is 5. The van der Waals surface area contributed by atoms with Gasteiger partial charge in [0, 0.05) is 18.2 Å². The van der Waals surface area contributed by atoms with E-state index in [4.69, 9.17) is 5.26 Å². The molecular formula is C11H17N5. The minimum absolute atomic E-state index is 0.0295. The first-order valence-electron chi connectivity index (χ1n) is 5.22. The predicted octanol–water partition coefficient (Wildman–Crippen LogP) is 2.01. The van der Waals surface area contributed by atoms with Gasteiger partial charge < -0.3 is 10.6 Å². The van der Waals surface area contributed by atoms with Crippen molar-refractivity contribution in [3.8, 4) is 6.07 Å². The minimum Gasteiger partial charge on any atom is -0.369 e. The van der Waals surface area contributed by atoms with E-state index in [0.29, 0.717) is 13.0 Å². The van der Waals surface area contributed by atoms with Crippen molar-refractivity contribution < 1.29 is 0 Å². The van der Waals surface area contributed by atoms with Gasteiger partial charge in [-0.15, -0.1) is 0 Å². The summed E-state index contributed by atoms with van der Waals surface area (Å²) in [5.74, 6) is 1.51. The van der Waals surface area contributed by atoms with Crippen LogP contribution in [0, 0.1) is 11.3 Å². The lowest BCUT2D eigenvalue weighted by molar-refractivity contribution is 0.630. The normalized spacial score (nSPS) is 10.6. The van der Waals surface area contributed by atoms with Crippen molar-refractivity contribution in [2.45, 2.75) is 32.7 Å². The number of anilines is 2. The largest absolute Gasteiger partial charge is 0.369 e. The van der Waals surface area contributed by atoms with E-state index in [2.05, 4.69) is 47.4 Å². The summed E-state index contributed by atoms with van der Waals surface area (Å²) < 4.78 is 0. The van der Waals surface area contributed by atoms with Crippen LogP contribution >= 0.6 is 0 Å². The Morgan fingerprint density at radius 3 is 2.62 bits per heavy atom. The number of nitrogens with one attached hydrogen (secondary N) is 2. The summed E-state index contributed by atoms with van der Waals surface area (Å²) in [6.07, 6.45) is 1.97. The van der Waals surface area contributed by atoms with Crippen molar-refractivity contribution in [3.63, 3.8) is 0 Å². The molecular weight excluding hydrogens is 202 g/mol. The number of aromatic nitrogens is 2. The van der Waals surface area contributed by atoms with Crippen molar-refractivity contribution in [3.05, 3.63) is 12.4 Å². The molecule has 0 saturated heterocycles. The summed E-state index contributed by atoms with van der Waals surface area (Å²) in [5.41, 5.74) is -0.0295. The molecule has 0 amide bonds. The van der Waals surface area contributed by atoms with E-state index in [-0.39, 0.29) is 5.54 Å². The summed E-state index contributed by atoms with van der Waals surface area (Å²) in [7, 11) is 0. The van der Waals surface area contributed by atoms with E-state index in [1.54, 1.807) is 0 Å². The molecule has 0 aliphatic heterocycles. The van der Waals surface area contributed by atoms with Crippen LogP contribution in [0.15, 0.2) is 12.4 Å². The molecule has 1 aromatic rings. The van der Waals surface area contributed by atoms with Gasteiger partial charge in [-0.3, -0.25) is 0 Å². The Kier molecular flexibility index (Phi) is 4.06. The molecule has 1 aromatic heterocycles. The standard InChI is InChI=1S/C11H17N5/c1-11(2,3)16-10-7-9(14-8-15-10)13-6-4-5-12/h7-8H,4,6H2,1-3H3,(H2,13,14,15,16). The molecule has 0 unspecified atom stereocenters. The Morgan fingerprint density at radius 2 is 2.00 bits per heavy atom. The number of nitrogens with zero attached hydrogens (tertiary/aromatic N) is 3. The second-order valence-electron chi connectivity index (χ2n) is 4.50. The molecule has 0 radical (unpaired) electrons. The van der Waals surface area contributed by atoms with Gasteiger partial charge in [0.2, 0.25) is 0 Å². The molecule has 1 rings (SSSR count). The van der Waals surface area contributed by atoms with Gasteiger partial charge in [-0.05, 0) is 20.8 Å². The van der Waals surface area contributed by atoms with Crippen LogP contribution in [-0.2, 0) is 0 Å². The zero-order valence-corrected chi connectivity index (χ0v) is 9.91. The van der Waals surface area contributed by atoms with Crippen LogP contribution < -0.4 is 10.6 Å². The number of rotatable bonds is 4. The smallest absolute Gasteiger partial charge is 0.131 e. The molecule has 5 heteroatoms. The van der Waals surface area contributed by atoms with Crippen molar-refractivity contribution >= 4 is 11.6 Å². The van der Waals surface area contributed by atoms with Crippen molar-refractivity contribution in [2.24, 2.45) is 0 Å². The van der Waals surface area contributed by atoms with E-state index in [1.165, 1.54) is 6.33 Å². The van der Waals surface area contributed by atoms with Gasteiger partial charge in [0.25, 0.3) is 0 Å². The maximum atomic E-state index is 8.42. The minimum atomic E-state index is -0.0295. The van der Waals surface area contributed by atoms with Gasteiger partial charge in [-0.25, -0.2) is 9.97 Å². The van der Waals surface area contributed by atoms with Crippen molar-refractivity contribution in [1.82, 2.24) is 9.97 Å². The molecule has 0 saturated carbocycles. The third-order valence-corrected chi connectivity index (χ3v) is 1.71. The van der Waals surface area contributed by atoms with Gasteiger partial charge >= 0.3 is 0 Å². The molecule has 0 spiro atoms. The highest BCUT2D eigenvalue weighted by Gasteiger charge is 2.10. The summed E-state index contributed by atoms with van der Waals surface area (Å²) in [6.45, 7) is 6.80. The number of nitriles is 1. The van der Waals surface area contributed by atoms with E-state index >= 15 is 0 Å². The van der Waals surface area contributed by atoms with Crippen LogP contribution in [0.1, 0.15) is 27.2 Å². The van der Waals surface area contributed by atoms with Gasteiger partial charge in [-0.1, -0.05) is 0 Å². The Bertz CT molecular complexity index is 375. The molecule has 0 atom stereocenters. The Morgan fingerprint density at radius 1 is 1.31 bits per heavy atom. The van der Waals surface area contributed by atoms with Gasteiger partial charge in [0.05, 0.1) is 12.5 Å². The lowest BCUT2D eigenvalue weighted by Crippen LogP contribution is -2.26. The molecule has 0 aliphatic carbocycles. The molecule has 1 heterocycles. The van der Waals surface area contributed by atoms with Crippen molar-refractivity contribution in [1.29, 1.82) is 5.26 Å². The monoisotopic (exact) mass is 219 g/mol. The fraction of sp³-hybridized carbons (Fsp3) is 0.545. The molecule has 0 aromatic carbocycles. The van der Waals surface area contributed by atoms with Crippen LogP contribution in [0.2, 0.25) is 0 Å². The predicted molar refractivity (Wildman–Crippen MR) is 64.1 cm³/mol. The number of hydrogen-bond donors (Lipinski definition) is 2. The highest BCUT2D eigenvalue weighted by atomic mass is 15.1. The van der Waals surface area contributed by atoms with Crippen molar-refractivity contribution in [2.75, 3.05) is 17.2 Å². The Balaban J connectivity index is 2.61. The van der Waals surface area contributed by atoms with Crippen LogP contribution in [0.25, 0.3) is 0 Å². The average Bonchev–Trinajstić information content (AvgIpc) is 2.16. The Hall–Kier alpha value is -1.83. The van der Waals surface area contributed by atoms with Crippen LogP contribution in [-0.4, -0.2) is 22.1 Å². The first kappa shape index (κ1) is 12.2. The van der Waals surface area contributed by atoms with E-state index in [0.717, 1.165) is 11.6 Å². The maximum absolute atomic E-state index is 8.42. The molecule has 0 aliphatic rings. The third kappa shape index (κ3) is 4.60. The summed E-state index contributed by atoms with van der Waals surface area (Å²) in [4.78, 5) is 8.20. The lowest BCUT2D eigenvalue weighted by Gasteiger charge is -2.21. The summed E-state index contributed by atoms with van der Waals surface area (Å²) >= 11 is 0. The summed E-state index contributed by atoms with van der Waals surface area (Å²) in [5, 5.41) is 14.7. The first-order chi connectivity index (χ1) is 7.51. The topological polar surface area (TPSA) is 73.6 Å². The van der Waals surface area contributed by atoms with Crippen LogP contribution in [0.3, 0.4) is 0 Å². The average molecular weight is 219 g/mol. The van der Waals surface area contributed by atoms with E-state index in [9.17, 15) is 0 Å². The molecule has 16 heavy (non-hydrogen) atoms. The quantitative estimate of drug-likeness (QED) is 0.758. The lowest BCUT2D eigenvalue weighted by atomic mass is 10.1. The maximum Gasteiger partial charge on any atom is 0.131 e. The molecule has 5 nitrogen and oxygen atoms in total. The zero-order valence-electron chi connectivity index (χ0n) is 9.91. The molecule has 0 fully saturated rings. The highest BCUT2D eigenvalue weighted by Crippen LogP contribution is 2.13. The van der Waals surface area contributed by atoms with Gasteiger partial charge in [0.1, 0.15) is 18.0 Å². The zero-order chi connectivity index (χ0) is 12.0. The highest BCUT2D eigenvalue weighted by molar-refractivity contribution is 5.47. The van der Waals surface area contributed by atoms with E-state index in [1.807, 2.05) is 6.07 Å².